The first-order chi connectivity index (χ1) is 9.43. The van der Waals surface area contributed by atoms with Crippen LogP contribution in [0.25, 0.3) is 0 Å². The van der Waals surface area contributed by atoms with Gasteiger partial charge in [0.1, 0.15) is 24.2 Å². The SMILES string of the molecule is COc1ccc(C(=O)N2CC(=O)NC(=O)C2C)c(F)c1. The Morgan fingerprint density at radius 1 is 1.45 bits per heavy atom. The minimum absolute atomic E-state index is 0.208. The number of nitrogens with zero attached hydrogens (tertiary/aromatic N) is 1. The molecule has 0 spiro atoms. The van der Waals surface area contributed by atoms with Crippen molar-refractivity contribution in [3.8, 4) is 5.75 Å². The number of rotatable bonds is 2. The maximum absolute atomic E-state index is 13.9. The zero-order chi connectivity index (χ0) is 14.9. The maximum Gasteiger partial charge on any atom is 0.257 e. The number of benzene rings is 1. The van der Waals surface area contributed by atoms with Gasteiger partial charge in [-0.3, -0.25) is 19.7 Å². The molecule has 1 fully saturated rings. The number of ether oxygens (including phenoxy) is 1. The minimum atomic E-state index is -0.832. The third kappa shape index (κ3) is 2.47. The van der Waals surface area contributed by atoms with E-state index in [1.54, 1.807) is 0 Å². The molecule has 0 bridgehead atoms. The Balaban J connectivity index is 2.30. The standard InChI is InChI=1S/C13H13FN2O4/c1-7-12(18)15-11(17)6-16(7)13(19)9-4-3-8(20-2)5-10(9)14/h3-5,7H,6H2,1-2H3,(H,15,17,18). The van der Waals surface area contributed by atoms with Crippen LogP contribution >= 0.6 is 0 Å². The van der Waals surface area contributed by atoms with E-state index in [2.05, 4.69) is 5.32 Å². The van der Waals surface area contributed by atoms with E-state index in [0.717, 1.165) is 11.0 Å². The molecule has 2 rings (SSSR count). The Morgan fingerprint density at radius 3 is 2.75 bits per heavy atom. The summed E-state index contributed by atoms with van der Waals surface area (Å²) in [6.07, 6.45) is 0. The molecule has 1 atom stereocenters. The van der Waals surface area contributed by atoms with Gasteiger partial charge in [-0.05, 0) is 19.1 Å². The summed E-state index contributed by atoms with van der Waals surface area (Å²) in [6.45, 7) is 1.19. The highest BCUT2D eigenvalue weighted by atomic mass is 19.1. The van der Waals surface area contributed by atoms with E-state index in [0.29, 0.717) is 0 Å². The number of nitrogens with one attached hydrogen (secondary N) is 1. The van der Waals surface area contributed by atoms with Crippen LogP contribution in [0, 0.1) is 5.82 Å². The Labute approximate surface area is 114 Å². The van der Waals surface area contributed by atoms with Gasteiger partial charge in [-0.25, -0.2) is 4.39 Å². The van der Waals surface area contributed by atoms with Crippen molar-refractivity contribution in [1.29, 1.82) is 0 Å². The lowest BCUT2D eigenvalue weighted by Gasteiger charge is -2.31. The van der Waals surface area contributed by atoms with Crippen molar-refractivity contribution in [2.24, 2.45) is 0 Å². The van der Waals surface area contributed by atoms with Gasteiger partial charge in [-0.15, -0.1) is 0 Å². The highest BCUT2D eigenvalue weighted by Crippen LogP contribution is 2.19. The van der Waals surface area contributed by atoms with Crippen molar-refractivity contribution in [3.63, 3.8) is 0 Å². The molecule has 0 aliphatic carbocycles. The highest BCUT2D eigenvalue weighted by molar-refractivity contribution is 6.07. The van der Waals surface area contributed by atoms with E-state index in [-0.39, 0.29) is 17.9 Å². The molecule has 1 heterocycles. The van der Waals surface area contributed by atoms with Gasteiger partial charge in [0.2, 0.25) is 11.8 Å². The van der Waals surface area contributed by atoms with E-state index >= 15 is 0 Å². The van der Waals surface area contributed by atoms with Gasteiger partial charge < -0.3 is 9.64 Å². The van der Waals surface area contributed by atoms with Crippen molar-refractivity contribution >= 4 is 17.7 Å². The van der Waals surface area contributed by atoms with Gasteiger partial charge in [0.25, 0.3) is 5.91 Å². The number of amides is 3. The number of carbonyl (C=O) groups excluding carboxylic acids is 3. The first-order valence-corrected chi connectivity index (χ1v) is 5.92. The fourth-order valence-corrected chi connectivity index (χ4v) is 1.91. The van der Waals surface area contributed by atoms with E-state index < -0.39 is 29.6 Å². The van der Waals surface area contributed by atoms with Gasteiger partial charge in [-0.1, -0.05) is 0 Å². The van der Waals surface area contributed by atoms with Crippen LogP contribution in [0.5, 0.6) is 5.75 Å². The lowest BCUT2D eigenvalue weighted by atomic mass is 10.1. The second-order valence-electron chi connectivity index (χ2n) is 4.37. The summed E-state index contributed by atoms with van der Waals surface area (Å²) in [5.41, 5.74) is -0.208. The van der Waals surface area contributed by atoms with Crippen molar-refractivity contribution in [2.75, 3.05) is 13.7 Å². The van der Waals surface area contributed by atoms with E-state index in [1.165, 1.54) is 26.2 Å². The van der Waals surface area contributed by atoms with Crippen LogP contribution in [-0.2, 0) is 9.59 Å². The molecule has 1 aliphatic heterocycles. The van der Waals surface area contributed by atoms with Gasteiger partial charge in [-0.2, -0.15) is 0 Å². The normalized spacial score (nSPS) is 18.8. The Hall–Kier alpha value is -2.44. The third-order valence-corrected chi connectivity index (χ3v) is 3.09. The second-order valence-corrected chi connectivity index (χ2v) is 4.37. The minimum Gasteiger partial charge on any atom is -0.497 e. The van der Waals surface area contributed by atoms with Gasteiger partial charge >= 0.3 is 0 Å². The quantitative estimate of drug-likeness (QED) is 0.792. The lowest BCUT2D eigenvalue weighted by molar-refractivity contribution is -0.138. The number of imide groups is 1. The maximum atomic E-state index is 13.9. The molecule has 0 saturated carbocycles. The average Bonchev–Trinajstić information content (AvgIpc) is 2.41. The molecule has 1 N–H and O–H groups in total. The third-order valence-electron chi connectivity index (χ3n) is 3.09. The summed E-state index contributed by atoms with van der Waals surface area (Å²) in [6, 6.07) is 2.94. The topological polar surface area (TPSA) is 75.7 Å². The second kappa shape index (κ2) is 5.28. The summed E-state index contributed by atoms with van der Waals surface area (Å²) >= 11 is 0. The molecular formula is C13H13FN2O4. The molecule has 1 saturated heterocycles. The van der Waals surface area contributed by atoms with Crippen LogP contribution in [-0.4, -0.2) is 42.3 Å². The number of halogens is 1. The molecule has 1 aromatic rings. The number of piperazine rings is 1. The highest BCUT2D eigenvalue weighted by Gasteiger charge is 2.34. The van der Waals surface area contributed by atoms with Crippen LogP contribution in [0.1, 0.15) is 17.3 Å². The van der Waals surface area contributed by atoms with Crippen molar-refractivity contribution in [2.45, 2.75) is 13.0 Å². The fraction of sp³-hybridized carbons (Fsp3) is 0.308. The molecule has 1 unspecified atom stereocenters. The summed E-state index contributed by atoms with van der Waals surface area (Å²) in [5, 5.41) is 2.11. The van der Waals surface area contributed by atoms with Crippen molar-refractivity contribution in [3.05, 3.63) is 29.6 Å². The molecule has 3 amide bonds. The largest absolute Gasteiger partial charge is 0.497 e. The Morgan fingerprint density at radius 2 is 2.15 bits per heavy atom. The van der Waals surface area contributed by atoms with Crippen LogP contribution in [0.3, 0.4) is 0 Å². The Bertz CT molecular complexity index is 588. The Kier molecular flexibility index (Phi) is 3.69. The molecule has 106 valence electrons. The molecule has 0 aromatic heterocycles. The molecule has 1 aliphatic rings. The summed E-state index contributed by atoms with van der Waals surface area (Å²) in [4.78, 5) is 36.1. The van der Waals surface area contributed by atoms with E-state index in [4.69, 9.17) is 4.74 Å². The summed E-state index contributed by atoms with van der Waals surface area (Å²) in [5.74, 6) is -2.36. The molecular weight excluding hydrogens is 267 g/mol. The number of hydrogen-bond donors (Lipinski definition) is 1. The zero-order valence-corrected chi connectivity index (χ0v) is 11.0. The summed E-state index contributed by atoms with van der Waals surface area (Å²) in [7, 11) is 1.38. The molecule has 1 aromatic carbocycles. The first kappa shape index (κ1) is 14.0. The van der Waals surface area contributed by atoms with Crippen molar-refractivity contribution in [1.82, 2.24) is 10.2 Å². The van der Waals surface area contributed by atoms with Crippen LogP contribution in [0.4, 0.5) is 4.39 Å². The molecule has 7 heteroatoms. The smallest absolute Gasteiger partial charge is 0.257 e. The van der Waals surface area contributed by atoms with Crippen LogP contribution in [0.2, 0.25) is 0 Å². The van der Waals surface area contributed by atoms with Crippen LogP contribution in [0.15, 0.2) is 18.2 Å². The monoisotopic (exact) mass is 280 g/mol. The van der Waals surface area contributed by atoms with Gasteiger partial charge in [0, 0.05) is 6.07 Å². The number of hydrogen-bond acceptors (Lipinski definition) is 4. The van der Waals surface area contributed by atoms with Crippen LogP contribution < -0.4 is 10.1 Å². The predicted molar refractivity (Wildman–Crippen MR) is 66.6 cm³/mol. The van der Waals surface area contributed by atoms with E-state index in [9.17, 15) is 18.8 Å². The van der Waals surface area contributed by atoms with Crippen molar-refractivity contribution < 1.29 is 23.5 Å². The van der Waals surface area contributed by atoms with Gasteiger partial charge in [0.15, 0.2) is 0 Å². The molecule has 6 nitrogen and oxygen atoms in total. The van der Waals surface area contributed by atoms with E-state index in [1.807, 2.05) is 0 Å². The molecule has 0 radical (unpaired) electrons. The molecule has 20 heavy (non-hydrogen) atoms. The fourth-order valence-electron chi connectivity index (χ4n) is 1.91. The zero-order valence-electron chi connectivity index (χ0n) is 11.0. The first-order valence-electron chi connectivity index (χ1n) is 5.92. The lowest BCUT2D eigenvalue weighted by Crippen LogP contribution is -2.58. The number of methoxy groups -OCH3 is 1. The predicted octanol–water partition coefficient (Wildman–Crippen LogP) is 0.321. The number of carbonyl (C=O) groups is 3. The van der Waals surface area contributed by atoms with Gasteiger partial charge in [0.05, 0.1) is 12.7 Å². The summed E-state index contributed by atoms with van der Waals surface area (Å²) < 4.78 is 18.7. The average molecular weight is 280 g/mol.